The summed E-state index contributed by atoms with van der Waals surface area (Å²) in [6, 6.07) is 11.7. The Morgan fingerprint density at radius 1 is 0.818 bits per heavy atom. The number of nitrogens with zero attached hydrogens (tertiary/aromatic N) is 5. The molecule has 5 heteroatoms. The molecule has 0 aliphatic heterocycles. The molecule has 0 saturated heterocycles. The number of pyridine rings is 1. The van der Waals surface area contributed by atoms with Crippen LogP contribution in [0.15, 0.2) is 77.6 Å². The third kappa shape index (κ3) is 3.03. The largest absolute Gasteiger partial charge is 0.254 e. The van der Waals surface area contributed by atoms with Crippen molar-refractivity contribution in [3.63, 3.8) is 0 Å². The molecule has 3 aromatic heterocycles. The molecule has 3 aromatic rings. The molecule has 0 radical (unpaired) electrons. The quantitative estimate of drug-likeness (QED) is 0.681. The van der Waals surface area contributed by atoms with Crippen LogP contribution in [0.2, 0.25) is 0 Å². The summed E-state index contributed by atoms with van der Waals surface area (Å²) >= 11 is 0. The Bertz CT molecular complexity index is 726. The van der Waals surface area contributed by atoms with Gasteiger partial charge in [-0.25, -0.2) is 9.35 Å². The molecule has 0 fully saturated rings. The molecule has 0 aliphatic rings. The van der Waals surface area contributed by atoms with Crippen molar-refractivity contribution in [1.29, 1.82) is 0 Å². The molecule has 0 unspecified atom stereocenters. The van der Waals surface area contributed by atoms with E-state index < -0.39 is 0 Å². The Hall–Kier alpha value is -2.95. The van der Waals surface area contributed by atoms with E-state index in [2.05, 4.69) is 15.2 Å². The Balaban J connectivity index is 2.00. The van der Waals surface area contributed by atoms with Crippen LogP contribution in [-0.4, -0.2) is 25.8 Å². The van der Waals surface area contributed by atoms with Gasteiger partial charge in [-0.3, -0.25) is 4.98 Å². The van der Waals surface area contributed by atoms with Crippen molar-refractivity contribution >= 4 is 11.4 Å². The molecule has 0 atom stereocenters. The Kier molecular flexibility index (Phi) is 3.96. The van der Waals surface area contributed by atoms with E-state index in [0.29, 0.717) is 0 Å². The van der Waals surface area contributed by atoms with Gasteiger partial charge in [-0.15, -0.1) is 0 Å². The molecule has 110 valence electrons. The van der Waals surface area contributed by atoms with Gasteiger partial charge in [0.25, 0.3) is 0 Å². The van der Waals surface area contributed by atoms with Gasteiger partial charge in [0.2, 0.25) is 0 Å². The maximum absolute atomic E-state index is 4.56. The van der Waals surface area contributed by atoms with Gasteiger partial charge in [-0.1, -0.05) is 0 Å². The lowest BCUT2D eigenvalue weighted by molar-refractivity contribution is 0.881. The fraction of sp³-hybridized carbons (Fsp3) is 0.118. The first kappa shape index (κ1) is 14.0. The van der Waals surface area contributed by atoms with Crippen molar-refractivity contribution in [2.24, 2.45) is 10.2 Å². The summed E-state index contributed by atoms with van der Waals surface area (Å²) < 4.78 is 3.55. The molecule has 0 bridgehead atoms. The Morgan fingerprint density at radius 3 is 1.95 bits per heavy atom. The second kappa shape index (κ2) is 6.22. The maximum Gasteiger partial charge on any atom is 0.0950 e. The minimum absolute atomic E-state index is 0.838. The zero-order valence-corrected chi connectivity index (χ0v) is 12.6. The van der Waals surface area contributed by atoms with Crippen molar-refractivity contribution in [3.05, 3.63) is 78.6 Å². The first-order valence-electron chi connectivity index (χ1n) is 7.07. The minimum Gasteiger partial charge on any atom is -0.254 e. The average Bonchev–Trinajstić information content (AvgIpc) is 3.21. The number of rotatable bonds is 4. The average molecular weight is 291 g/mol. The predicted molar refractivity (Wildman–Crippen MR) is 88.3 cm³/mol. The third-order valence-electron chi connectivity index (χ3n) is 3.25. The van der Waals surface area contributed by atoms with E-state index in [1.165, 1.54) is 0 Å². The van der Waals surface area contributed by atoms with Crippen LogP contribution < -0.4 is 0 Å². The number of hydrogen-bond acceptors (Lipinski definition) is 3. The topological polar surface area (TPSA) is 47.5 Å². The second-order valence-electron chi connectivity index (χ2n) is 4.90. The molecule has 3 rings (SSSR count). The van der Waals surface area contributed by atoms with Crippen molar-refractivity contribution in [2.45, 2.75) is 13.8 Å². The minimum atomic E-state index is 0.838. The van der Waals surface area contributed by atoms with E-state index in [1.54, 1.807) is 15.5 Å². The van der Waals surface area contributed by atoms with Crippen molar-refractivity contribution in [2.75, 3.05) is 0 Å². The molecule has 0 aromatic carbocycles. The van der Waals surface area contributed by atoms with Crippen LogP contribution in [0.5, 0.6) is 0 Å². The van der Waals surface area contributed by atoms with Crippen LogP contribution in [0.25, 0.3) is 0 Å². The highest BCUT2D eigenvalue weighted by molar-refractivity contribution is 6.09. The SMILES string of the molecule is CC(=Nn1cccc1)c1cccnc1C(C)=Nn1cccc1. The Morgan fingerprint density at radius 2 is 1.36 bits per heavy atom. The van der Waals surface area contributed by atoms with Gasteiger partial charge in [0.1, 0.15) is 0 Å². The zero-order chi connectivity index (χ0) is 15.4. The molecular formula is C17H17N5. The fourth-order valence-corrected chi connectivity index (χ4v) is 2.22. The number of hydrogen-bond donors (Lipinski definition) is 0. The first-order valence-corrected chi connectivity index (χ1v) is 7.07. The van der Waals surface area contributed by atoms with Crippen LogP contribution in [-0.2, 0) is 0 Å². The maximum atomic E-state index is 4.56. The van der Waals surface area contributed by atoms with Crippen LogP contribution in [0.3, 0.4) is 0 Å². The van der Waals surface area contributed by atoms with Gasteiger partial charge in [0.15, 0.2) is 0 Å². The molecule has 0 spiro atoms. The Labute approximate surface area is 129 Å². The second-order valence-corrected chi connectivity index (χ2v) is 4.90. The lowest BCUT2D eigenvalue weighted by Gasteiger charge is -2.08. The molecule has 0 N–H and O–H groups in total. The molecule has 0 amide bonds. The van der Waals surface area contributed by atoms with Gasteiger partial charge in [-0.2, -0.15) is 10.2 Å². The zero-order valence-electron chi connectivity index (χ0n) is 12.6. The van der Waals surface area contributed by atoms with Gasteiger partial charge < -0.3 is 0 Å². The highest BCUT2D eigenvalue weighted by atomic mass is 15.3. The lowest BCUT2D eigenvalue weighted by Crippen LogP contribution is -2.10. The molecular weight excluding hydrogens is 274 g/mol. The normalized spacial score (nSPS) is 12.6. The van der Waals surface area contributed by atoms with Crippen LogP contribution >= 0.6 is 0 Å². The summed E-state index contributed by atoms with van der Waals surface area (Å²) in [4.78, 5) is 4.48. The van der Waals surface area contributed by atoms with Crippen molar-refractivity contribution < 1.29 is 0 Å². The van der Waals surface area contributed by atoms with Gasteiger partial charge >= 0.3 is 0 Å². The highest BCUT2D eigenvalue weighted by Gasteiger charge is 2.10. The molecule has 0 saturated carbocycles. The smallest absolute Gasteiger partial charge is 0.0950 e. The summed E-state index contributed by atoms with van der Waals surface area (Å²) in [5.74, 6) is 0. The predicted octanol–water partition coefficient (Wildman–Crippen LogP) is 3.23. The standard InChI is InChI=1S/C17H17N5/c1-14(19-21-10-3-4-11-21)16-8-7-9-18-17(16)15(2)20-22-12-5-6-13-22/h3-13H,1-2H3. The summed E-state index contributed by atoms with van der Waals surface area (Å²) in [7, 11) is 0. The monoisotopic (exact) mass is 291 g/mol. The molecule has 5 nitrogen and oxygen atoms in total. The molecule has 3 heterocycles. The van der Waals surface area contributed by atoms with Crippen molar-refractivity contribution in [3.8, 4) is 0 Å². The van der Waals surface area contributed by atoms with E-state index in [9.17, 15) is 0 Å². The van der Waals surface area contributed by atoms with Crippen LogP contribution in [0, 0.1) is 0 Å². The van der Waals surface area contributed by atoms with Crippen molar-refractivity contribution in [1.82, 2.24) is 14.3 Å². The van der Waals surface area contributed by atoms with E-state index in [-0.39, 0.29) is 0 Å². The number of aromatic nitrogens is 3. The summed E-state index contributed by atoms with van der Waals surface area (Å²) in [5.41, 5.74) is 3.55. The fourth-order valence-electron chi connectivity index (χ4n) is 2.22. The summed E-state index contributed by atoms with van der Waals surface area (Å²) in [6.07, 6.45) is 9.37. The van der Waals surface area contributed by atoms with E-state index in [1.807, 2.05) is 75.0 Å². The summed E-state index contributed by atoms with van der Waals surface area (Å²) in [6.45, 7) is 3.93. The third-order valence-corrected chi connectivity index (χ3v) is 3.25. The summed E-state index contributed by atoms with van der Waals surface area (Å²) in [5, 5.41) is 9.10. The lowest BCUT2D eigenvalue weighted by atomic mass is 10.1. The van der Waals surface area contributed by atoms with E-state index in [0.717, 1.165) is 22.7 Å². The van der Waals surface area contributed by atoms with Gasteiger partial charge in [0, 0.05) is 36.5 Å². The molecule has 22 heavy (non-hydrogen) atoms. The first-order chi connectivity index (χ1) is 10.7. The van der Waals surface area contributed by atoms with Crippen LogP contribution in [0.1, 0.15) is 25.1 Å². The van der Waals surface area contributed by atoms with Gasteiger partial charge in [-0.05, 0) is 50.2 Å². The van der Waals surface area contributed by atoms with E-state index >= 15 is 0 Å². The highest BCUT2D eigenvalue weighted by Crippen LogP contribution is 2.10. The van der Waals surface area contributed by atoms with Crippen LogP contribution in [0.4, 0.5) is 0 Å². The molecule has 0 aliphatic carbocycles. The van der Waals surface area contributed by atoms with E-state index in [4.69, 9.17) is 0 Å². The van der Waals surface area contributed by atoms with Gasteiger partial charge in [0.05, 0.1) is 17.1 Å².